The molecule has 0 aromatic carbocycles. The fourth-order valence-corrected chi connectivity index (χ4v) is 1.20. The van der Waals surface area contributed by atoms with Gasteiger partial charge in [-0.05, 0) is 12.8 Å². The Morgan fingerprint density at radius 1 is 1.78 bits per heavy atom. The molecule has 0 saturated carbocycles. The Morgan fingerprint density at radius 2 is 2.56 bits per heavy atom. The quantitative estimate of drug-likeness (QED) is 0.590. The van der Waals surface area contributed by atoms with Crippen LogP contribution >= 0.6 is 11.6 Å². The molecule has 9 heavy (non-hydrogen) atoms. The SMILES string of the molecule is OC(CCl)C1CCCO1. The van der Waals surface area contributed by atoms with Crippen LogP contribution in [0.5, 0.6) is 0 Å². The zero-order valence-corrected chi connectivity index (χ0v) is 5.97. The van der Waals surface area contributed by atoms with Crippen LogP contribution in [0.3, 0.4) is 0 Å². The number of rotatable bonds is 2. The Labute approximate surface area is 59.8 Å². The molecule has 2 nitrogen and oxygen atoms in total. The van der Waals surface area contributed by atoms with E-state index < -0.39 is 6.10 Å². The monoisotopic (exact) mass is 150 g/mol. The van der Waals surface area contributed by atoms with Crippen molar-refractivity contribution in [3.8, 4) is 0 Å². The Bertz CT molecular complexity index is 81.1. The molecular formula is C6H11ClO2. The first-order valence-electron chi connectivity index (χ1n) is 3.20. The topological polar surface area (TPSA) is 29.5 Å². The second-order valence-corrected chi connectivity index (χ2v) is 2.58. The van der Waals surface area contributed by atoms with Crippen molar-refractivity contribution in [1.82, 2.24) is 0 Å². The van der Waals surface area contributed by atoms with Crippen molar-refractivity contribution in [2.75, 3.05) is 12.5 Å². The minimum absolute atomic E-state index is 0.00231. The largest absolute Gasteiger partial charge is 0.389 e. The van der Waals surface area contributed by atoms with E-state index in [-0.39, 0.29) is 12.0 Å². The molecule has 0 amide bonds. The first-order chi connectivity index (χ1) is 4.34. The standard InChI is InChI=1S/C6H11ClO2/c7-4-5(8)6-2-1-3-9-6/h5-6,8H,1-4H2. The van der Waals surface area contributed by atoms with Crippen LogP contribution in [0.1, 0.15) is 12.8 Å². The van der Waals surface area contributed by atoms with Crippen LogP contribution in [-0.4, -0.2) is 29.8 Å². The molecule has 1 aliphatic rings. The van der Waals surface area contributed by atoms with Crippen LogP contribution in [0, 0.1) is 0 Å². The number of hydrogen-bond donors (Lipinski definition) is 1. The molecule has 1 heterocycles. The van der Waals surface area contributed by atoms with Gasteiger partial charge in [0.1, 0.15) is 0 Å². The van der Waals surface area contributed by atoms with Gasteiger partial charge in [0.2, 0.25) is 0 Å². The van der Waals surface area contributed by atoms with Gasteiger partial charge in [-0.2, -0.15) is 0 Å². The summed E-state index contributed by atoms with van der Waals surface area (Å²) in [7, 11) is 0. The van der Waals surface area contributed by atoms with Gasteiger partial charge in [0.05, 0.1) is 18.1 Å². The summed E-state index contributed by atoms with van der Waals surface area (Å²) in [6.45, 7) is 0.776. The summed E-state index contributed by atoms with van der Waals surface area (Å²) in [4.78, 5) is 0. The predicted octanol–water partition coefficient (Wildman–Crippen LogP) is 0.765. The molecule has 1 aliphatic heterocycles. The molecular weight excluding hydrogens is 140 g/mol. The van der Waals surface area contributed by atoms with E-state index in [1.807, 2.05) is 0 Å². The number of halogens is 1. The van der Waals surface area contributed by atoms with E-state index >= 15 is 0 Å². The highest BCUT2D eigenvalue weighted by Crippen LogP contribution is 2.15. The van der Waals surface area contributed by atoms with Gasteiger partial charge in [0, 0.05) is 6.61 Å². The lowest BCUT2D eigenvalue weighted by atomic mass is 10.2. The van der Waals surface area contributed by atoms with E-state index in [1.54, 1.807) is 0 Å². The molecule has 2 atom stereocenters. The van der Waals surface area contributed by atoms with E-state index in [9.17, 15) is 0 Å². The molecule has 0 bridgehead atoms. The average Bonchev–Trinajstić information content (AvgIpc) is 2.37. The normalized spacial score (nSPS) is 30.7. The van der Waals surface area contributed by atoms with Gasteiger partial charge in [0.15, 0.2) is 0 Å². The Kier molecular flexibility index (Phi) is 2.76. The molecule has 2 unspecified atom stereocenters. The van der Waals surface area contributed by atoms with Crippen molar-refractivity contribution in [3.05, 3.63) is 0 Å². The summed E-state index contributed by atoms with van der Waals surface area (Å²) in [5, 5.41) is 9.10. The highest BCUT2D eigenvalue weighted by molar-refractivity contribution is 6.18. The second-order valence-electron chi connectivity index (χ2n) is 2.27. The molecule has 1 saturated heterocycles. The highest BCUT2D eigenvalue weighted by atomic mass is 35.5. The zero-order valence-electron chi connectivity index (χ0n) is 5.22. The zero-order chi connectivity index (χ0) is 6.69. The third kappa shape index (κ3) is 1.81. The second kappa shape index (κ2) is 3.40. The number of hydrogen-bond acceptors (Lipinski definition) is 2. The van der Waals surface area contributed by atoms with E-state index in [0.717, 1.165) is 19.4 Å². The molecule has 0 radical (unpaired) electrons. The number of ether oxygens (including phenoxy) is 1. The Hall–Kier alpha value is 0.210. The van der Waals surface area contributed by atoms with Crippen molar-refractivity contribution in [2.24, 2.45) is 0 Å². The molecule has 1 rings (SSSR count). The molecule has 0 aliphatic carbocycles. The summed E-state index contributed by atoms with van der Waals surface area (Å²) in [5.74, 6) is 0.282. The van der Waals surface area contributed by atoms with Gasteiger partial charge >= 0.3 is 0 Å². The first kappa shape index (κ1) is 7.32. The maximum Gasteiger partial charge on any atom is 0.0936 e. The van der Waals surface area contributed by atoms with E-state index in [1.165, 1.54) is 0 Å². The average molecular weight is 151 g/mol. The van der Waals surface area contributed by atoms with Crippen molar-refractivity contribution >= 4 is 11.6 Å². The van der Waals surface area contributed by atoms with Crippen molar-refractivity contribution in [2.45, 2.75) is 25.0 Å². The molecule has 3 heteroatoms. The number of alkyl halides is 1. The van der Waals surface area contributed by atoms with E-state index in [2.05, 4.69) is 0 Å². The lowest BCUT2D eigenvalue weighted by Crippen LogP contribution is -2.26. The molecule has 0 aromatic rings. The lowest BCUT2D eigenvalue weighted by Gasteiger charge is -2.13. The Morgan fingerprint density at radius 3 is 3.00 bits per heavy atom. The van der Waals surface area contributed by atoms with Gasteiger partial charge in [-0.15, -0.1) is 11.6 Å². The van der Waals surface area contributed by atoms with Gasteiger partial charge < -0.3 is 9.84 Å². The number of aliphatic hydroxyl groups excluding tert-OH is 1. The molecule has 1 N–H and O–H groups in total. The fraction of sp³-hybridized carbons (Fsp3) is 1.00. The molecule has 54 valence electrons. The van der Waals surface area contributed by atoms with Crippen LogP contribution < -0.4 is 0 Å². The predicted molar refractivity (Wildman–Crippen MR) is 35.7 cm³/mol. The van der Waals surface area contributed by atoms with E-state index in [0.29, 0.717) is 0 Å². The third-order valence-electron chi connectivity index (χ3n) is 1.55. The highest BCUT2D eigenvalue weighted by Gasteiger charge is 2.22. The fourth-order valence-electron chi connectivity index (χ4n) is 1.01. The van der Waals surface area contributed by atoms with Gasteiger partial charge in [-0.3, -0.25) is 0 Å². The first-order valence-corrected chi connectivity index (χ1v) is 3.73. The lowest BCUT2D eigenvalue weighted by molar-refractivity contribution is 0.0103. The van der Waals surface area contributed by atoms with Crippen LogP contribution in [-0.2, 0) is 4.74 Å². The summed E-state index contributed by atoms with van der Waals surface area (Å²) in [5.41, 5.74) is 0. The van der Waals surface area contributed by atoms with Crippen LogP contribution in [0.2, 0.25) is 0 Å². The summed E-state index contributed by atoms with van der Waals surface area (Å²) < 4.78 is 5.17. The maximum absolute atomic E-state index is 9.10. The van der Waals surface area contributed by atoms with E-state index in [4.69, 9.17) is 21.4 Å². The van der Waals surface area contributed by atoms with Crippen LogP contribution in [0.4, 0.5) is 0 Å². The summed E-state index contributed by atoms with van der Waals surface area (Å²) >= 11 is 5.40. The third-order valence-corrected chi connectivity index (χ3v) is 1.87. The smallest absolute Gasteiger partial charge is 0.0936 e. The van der Waals surface area contributed by atoms with Crippen molar-refractivity contribution in [3.63, 3.8) is 0 Å². The molecule has 0 aromatic heterocycles. The maximum atomic E-state index is 9.10. The minimum atomic E-state index is -0.464. The molecule has 1 fully saturated rings. The Balaban J connectivity index is 2.24. The van der Waals surface area contributed by atoms with Crippen LogP contribution in [0.15, 0.2) is 0 Å². The van der Waals surface area contributed by atoms with Gasteiger partial charge in [0.25, 0.3) is 0 Å². The summed E-state index contributed by atoms with van der Waals surface area (Å²) in [6, 6.07) is 0. The van der Waals surface area contributed by atoms with Crippen molar-refractivity contribution < 1.29 is 9.84 Å². The van der Waals surface area contributed by atoms with Gasteiger partial charge in [-0.1, -0.05) is 0 Å². The number of aliphatic hydroxyl groups is 1. The minimum Gasteiger partial charge on any atom is -0.389 e. The molecule has 0 spiro atoms. The van der Waals surface area contributed by atoms with Crippen molar-refractivity contribution in [1.29, 1.82) is 0 Å². The van der Waals surface area contributed by atoms with Gasteiger partial charge in [-0.25, -0.2) is 0 Å². The summed E-state index contributed by atoms with van der Waals surface area (Å²) in [6.07, 6.45) is 1.55. The van der Waals surface area contributed by atoms with Crippen LogP contribution in [0.25, 0.3) is 0 Å².